The number of sulfonamides is 1. The number of rotatable bonds is 6. The van der Waals surface area contributed by atoms with Crippen LogP contribution in [0.1, 0.15) is 46.4 Å². The number of benzene rings is 2. The number of anilines is 1. The molecule has 1 saturated heterocycles. The van der Waals surface area contributed by atoms with Crippen molar-refractivity contribution in [1.29, 1.82) is 0 Å². The first-order valence-corrected chi connectivity index (χ1v) is 12.8. The Morgan fingerprint density at radius 1 is 1.06 bits per heavy atom. The number of nitrogens with zero attached hydrogens (tertiary/aromatic N) is 3. The van der Waals surface area contributed by atoms with Crippen LogP contribution in [0, 0.1) is 13.8 Å². The van der Waals surface area contributed by atoms with Gasteiger partial charge in [-0.25, -0.2) is 13.1 Å². The number of piperidine rings is 1. The van der Waals surface area contributed by atoms with Crippen LogP contribution < -0.4 is 5.32 Å². The second-order valence-corrected chi connectivity index (χ2v) is 10.6. The van der Waals surface area contributed by atoms with Gasteiger partial charge in [0.2, 0.25) is 10.0 Å². The zero-order valence-corrected chi connectivity index (χ0v) is 20.3. The number of carbonyl (C=O) groups excluding carboxylic acids is 1. The van der Waals surface area contributed by atoms with Crippen LogP contribution in [0.4, 0.5) is 5.69 Å². The molecule has 0 spiro atoms. The lowest BCUT2D eigenvalue weighted by atomic mass is 10.2. The van der Waals surface area contributed by atoms with E-state index in [1.54, 1.807) is 30.7 Å². The van der Waals surface area contributed by atoms with Gasteiger partial charge in [-0.05, 0) is 49.9 Å². The molecule has 1 aliphatic heterocycles. The molecule has 1 fully saturated rings. The van der Waals surface area contributed by atoms with E-state index in [9.17, 15) is 13.2 Å². The van der Waals surface area contributed by atoms with Crippen LogP contribution in [0.5, 0.6) is 0 Å². The molecule has 0 radical (unpaired) electrons. The van der Waals surface area contributed by atoms with Gasteiger partial charge in [0, 0.05) is 18.8 Å². The van der Waals surface area contributed by atoms with E-state index in [1.807, 2.05) is 30.3 Å². The van der Waals surface area contributed by atoms with Gasteiger partial charge in [-0.1, -0.05) is 54.4 Å². The zero-order valence-electron chi connectivity index (χ0n) is 18.7. The highest BCUT2D eigenvalue weighted by atomic mass is 35.5. The zero-order chi connectivity index (χ0) is 23.6. The first kappa shape index (κ1) is 23.5. The summed E-state index contributed by atoms with van der Waals surface area (Å²) in [4.78, 5) is 13.3. The van der Waals surface area contributed by atoms with E-state index in [-0.39, 0.29) is 15.6 Å². The Kier molecular flexibility index (Phi) is 6.88. The van der Waals surface area contributed by atoms with Gasteiger partial charge in [0.1, 0.15) is 5.15 Å². The molecule has 3 aromatic rings. The average Bonchev–Trinajstić information content (AvgIpc) is 3.09. The maximum atomic E-state index is 13.2. The number of amides is 1. The lowest BCUT2D eigenvalue weighted by Gasteiger charge is -2.26. The molecule has 1 aliphatic rings. The monoisotopic (exact) mass is 486 g/mol. The largest absolute Gasteiger partial charge is 0.322 e. The van der Waals surface area contributed by atoms with Gasteiger partial charge in [-0.3, -0.25) is 4.79 Å². The van der Waals surface area contributed by atoms with E-state index >= 15 is 0 Å². The Hall–Kier alpha value is -2.68. The Balaban J connectivity index is 1.57. The summed E-state index contributed by atoms with van der Waals surface area (Å²) >= 11 is 6.51. The van der Waals surface area contributed by atoms with Crippen molar-refractivity contribution in [2.24, 2.45) is 0 Å². The maximum Gasteiger partial charge on any atom is 0.260 e. The summed E-state index contributed by atoms with van der Waals surface area (Å²) in [5.74, 6) is -0.429. The van der Waals surface area contributed by atoms with Crippen molar-refractivity contribution < 1.29 is 13.2 Å². The van der Waals surface area contributed by atoms with Crippen LogP contribution >= 0.6 is 11.6 Å². The SMILES string of the molecule is Cc1ccc(NC(=O)c2c(C)nn(Cc3ccccc3)c2Cl)cc1S(=O)(=O)N1CCCCC1. The summed E-state index contributed by atoms with van der Waals surface area (Å²) in [5, 5.41) is 7.46. The molecule has 0 saturated carbocycles. The average molecular weight is 487 g/mol. The number of carbonyl (C=O) groups is 1. The van der Waals surface area contributed by atoms with E-state index in [1.165, 1.54) is 10.4 Å². The van der Waals surface area contributed by atoms with Crippen molar-refractivity contribution in [2.45, 2.75) is 44.6 Å². The maximum absolute atomic E-state index is 13.2. The number of hydrogen-bond donors (Lipinski definition) is 1. The third-order valence-electron chi connectivity index (χ3n) is 5.85. The highest BCUT2D eigenvalue weighted by Gasteiger charge is 2.28. The van der Waals surface area contributed by atoms with Crippen LogP contribution in [0.15, 0.2) is 53.4 Å². The van der Waals surface area contributed by atoms with Gasteiger partial charge in [-0.15, -0.1) is 0 Å². The highest BCUT2D eigenvalue weighted by molar-refractivity contribution is 7.89. The summed E-state index contributed by atoms with van der Waals surface area (Å²) in [6.45, 7) is 4.97. The van der Waals surface area contributed by atoms with Crippen molar-refractivity contribution in [1.82, 2.24) is 14.1 Å². The first-order chi connectivity index (χ1) is 15.8. The van der Waals surface area contributed by atoms with Gasteiger partial charge >= 0.3 is 0 Å². The van der Waals surface area contributed by atoms with Crippen LogP contribution in [0.25, 0.3) is 0 Å². The molecular weight excluding hydrogens is 460 g/mol. The van der Waals surface area contributed by atoms with Crippen LogP contribution in [0.3, 0.4) is 0 Å². The number of halogens is 1. The quantitative estimate of drug-likeness (QED) is 0.550. The van der Waals surface area contributed by atoms with E-state index < -0.39 is 15.9 Å². The van der Waals surface area contributed by atoms with Crippen molar-refractivity contribution in [3.63, 3.8) is 0 Å². The predicted molar refractivity (Wildman–Crippen MR) is 129 cm³/mol. The van der Waals surface area contributed by atoms with Crippen molar-refractivity contribution >= 4 is 33.2 Å². The van der Waals surface area contributed by atoms with E-state index in [4.69, 9.17) is 11.6 Å². The molecule has 9 heteroatoms. The molecule has 2 heterocycles. The number of hydrogen-bond acceptors (Lipinski definition) is 4. The summed E-state index contributed by atoms with van der Waals surface area (Å²) in [6, 6.07) is 14.6. The van der Waals surface area contributed by atoms with E-state index in [0.717, 1.165) is 24.8 Å². The van der Waals surface area contributed by atoms with Crippen molar-refractivity contribution in [3.05, 3.63) is 76.1 Å². The van der Waals surface area contributed by atoms with Crippen LogP contribution in [-0.2, 0) is 16.6 Å². The lowest BCUT2D eigenvalue weighted by Crippen LogP contribution is -2.36. The fraction of sp³-hybridized carbons (Fsp3) is 0.333. The number of aromatic nitrogens is 2. The molecule has 1 N–H and O–H groups in total. The summed E-state index contributed by atoms with van der Waals surface area (Å²) < 4.78 is 29.5. The van der Waals surface area contributed by atoms with Gasteiger partial charge < -0.3 is 5.32 Å². The minimum Gasteiger partial charge on any atom is -0.322 e. The van der Waals surface area contributed by atoms with Crippen LogP contribution in [-0.4, -0.2) is 41.5 Å². The summed E-state index contributed by atoms with van der Waals surface area (Å²) in [7, 11) is -3.62. The standard InChI is InChI=1S/C24H27ClN4O3S/c1-17-11-12-20(15-21(17)33(31,32)28-13-7-4-8-14-28)26-24(30)22-18(2)27-29(23(22)25)16-19-9-5-3-6-10-19/h3,5-6,9-12,15H,4,7-8,13-14,16H2,1-2H3,(H,26,30). The van der Waals surface area contributed by atoms with E-state index in [2.05, 4.69) is 10.4 Å². The normalized spacial score (nSPS) is 14.9. The molecule has 0 unspecified atom stereocenters. The van der Waals surface area contributed by atoms with Gasteiger partial charge in [0.15, 0.2) is 0 Å². The molecule has 33 heavy (non-hydrogen) atoms. The number of nitrogens with one attached hydrogen (secondary N) is 1. The second kappa shape index (κ2) is 9.67. The molecule has 0 bridgehead atoms. The molecule has 1 aromatic heterocycles. The van der Waals surface area contributed by atoms with Crippen LogP contribution in [0.2, 0.25) is 5.15 Å². The Labute approximate surface area is 199 Å². The van der Waals surface area contributed by atoms with Crippen molar-refractivity contribution in [3.8, 4) is 0 Å². The first-order valence-electron chi connectivity index (χ1n) is 11.0. The molecule has 174 valence electrons. The Morgan fingerprint density at radius 3 is 2.45 bits per heavy atom. The Bertz CT molecular complexity index is 1270. The fourth-order valence-corrected chi connectivity index (χ4v) is 6.15. The molecule has 0 atom stereocenters. The fourth-order valence-electron chi connectivity index (χ4n) is 4.07. The molecule has 0 aliphatic carbocycles. The van der Waals surface area contributed by atoms with Gasteiger partial charge in [-0.2, -0.15) is 9.40 Å². The molecular formula is C24H27ClN4O3S. The van der Waals surface area contributed by atoms with Gasteiger partial charge in [0.05, 0.1) is 22.7 Å². The predicted octanol–water partition coefficient (Wildman–Crippen LogP) is 4.63. The third kappa shape index (κ3) is 4.98. The Morgan fingerprint density at radius 2 is 1.76 bits per heavy atom. The molecule has 1 amide bonds. The smallest absolute Gasteiger partial charge is 0.260 e. The second-order valence-electron chi connectivity index (χ2n) is 8.29. The van der Waals surface area contributed by atoms with Gasteiger partial charge in [0.25, 0.3) is 5.91 Å². The minimum atomic E-state index is -3.62. The summed E-state index contributed by atoms with van der Waals surface area (Å²) in [6.07, 6.45) is 2.76. The molecule has 7 nitrogen and oxygen atoms in total. The summed E-state index contributed by atoms with van der Waals surface area (Å²) in [5.41, 5.74) is 2.83. The third-order valence-corrected chi connectivity index (χ3v) is 8.27. The van der Waals surface area contributed by atoms with Crippen molar-refractivity contribution in [2.75, 3.05) is 18.4 Å². The minimum absolute atomic E-state index is 0.213. The highest BCUT2D eigenvalue weighted by Crippen LogP contribution is 2.27. The molecule has 4 rings (SSSR count). The lowest BCUT2D eigenvalue weighted by molar-refractivity contribution is 0.102. The topological polar surface area (TPSA) is 84.3 Å². The molecule has 2 aromatic carbocycles. The van der Waals surface area contributed by atoms with E-state index in [0.29, 0.717) is 36.6 Å². The number of aryl methyl sites for hydroxylation is 2.